The van der Waals surface area contributed by atoms with Crippen molar-refractivity contribution < 1.29 is 33.0 Å². The van der Waals surface area contributed by atoms with Gasteiger partial charge in [0.05, 0.1) is 0 Å². The highest BCUT2D eigenvalue weighted by Gasteiger charge is 2.38. The van der Waals surface area contributed by atoms with E-state index in [-0.39, 0.29) is 6.08 Å². The Morgan fingerprint density at radius 2 is 1.50 bits per heavy atom. The second-order valence-corrected chi connectivity index (χ2v) is 3.43. The average molecular weight is 240 g/mol. The third-order valence-corrected chi connectivity index (χ3v) is 1.83. The summed E-state index contributed by atoms with van der Waals surface area (Å²) in [5.41, 5.74) is -1.15. The van der Waals surface area contributed by atoms with Crippen LogP contribution in [-0.2, 0) is 9.59 Å². The molecule has 0 radical (unpaired) electrons. The van der Waals surface area contributed by atoms with E-state index in [1.54, 1.807) is 0 Å². The Labute approximate surface area is 89.4 Å². The molecule has 92 valence electrons. The molecular formula is C9H11F3O4. The molecule has 0 bridgehead atoms. The number of hydrogen-bond donors (Lipinski definition) is 2. The molecule has 0 rings (SSSR count). The molecule has 0 saturated carbocycles. The molecule has 0 aromatic carbocycles. The van der Waals surface area contributed by atoms with Crippen LogP contribution in [-0.4, -0.2) is 28.3 Å². The van der Waals surface area contributed by atoms with Gasteiger partial charge in [-0.3, -0.25) is 9.59 Å². The van der Waals surface area contributed by atoms with Crippen molar-refractivity contribution in [1.82, 2.24) is 0 Å². The van der Waals surface area contributed by atoms with Crippen molar-refractivity contribution in [2.45, 2.75) is 20.0 Å². The van der Waals surface area contributed by atoms with Crippen LogP contribution in [0.15, 0.2) is 11.6 Å². The topological polar surface area (TPSA) is 74.6 Å². The number of rotatable bonds is 4. The minimum Gasteiger partial charge on any atom is -0.480 e. The number of halogens is 3. The maximum atomic E-state index is 12.4. The van der Waals surface area contributed by atoms with Crippen LogP contribution < -0.4 is 0 Å². The molecule has 0 atom stereocenters. The number of alkyl halides is 3. The van der Waals surface area contributed by atoms with Gasteiger partial charge < -0.3 is 10.2 Å². The van der Waals surface area contributed by atoms with E-state index < -0.39 is 35.5 Å². The normalized spacial score (nSPS) is 13.3. The van der Waals surface area contributed by atoms with Gasteiger partial charge in [-0.25, -0.2) is 0 Å². The predicted molar refractivity (Wildman–Crippen MR) is 47.7 cm³/mol. The standard InChI is InChI=1S/C9H11F3O4/c1-4(2)6(9(10,11)12)3-5(7(13)14)8(15)16/h3-5H,1-2H3,(H,13,14)(H,15,16)/b6-3+. The molecule has 2 N–H and O–H groups in total. The van der Waals surface area contributed by atoms with Crippen LogP contribution in [0.1, 0.15) is 13.8 Å². The average Bonchev–Trinajstić information content (AvgIpc) is 1.99. The smallest absolute Gasteiger partial charge is 0.412 e. The molecule has 0 amide bonds. The molecule has 16 heavy (non-hydrogen) atoms. The van der Waals surface area contributed by atoms with Gasteiger partial charge in [-0.2, -0.15) is 13.2 Å². The quantitative estimate of drug-likeness (QED) is 0.581. The van der Waals surface area contributed by atoms with Crippen molar-refractivity contribution in [2.75, 3.05) is 0 Å². The fourth-order valence-electron chi connectivity index (χ4n) is 1.04. The van der Waals surface area contributed by atoms with Gasteiger partial charge in [-0.05, 0) is 5.92 Å². The van der Waals surface area contributed by atoms with Crippen LogP contribution in [0.25, 0.3) is 0 Å². The van der Waals surface area contributed by atoms with Crippen LogP contribution in [0.4, 0.5) is 13.2 Å². The Balaban J connectivity index is 5.34. The summed E-state index contributed by atoms with van der Waals surface area (Å²) in [5, 5.41) is 16.9. The molecule has 0 fully saturated rings. The van der Waals surface area contributed by atoms with E-state index >= 15 is 0 Å². The van der Waals surface area contributed by atoms with Gasteiger partial charge in [0.25, 0.3) is 0 Å². The summed E-state index contributed by atoms with van der Waals surface area (Å²) < 4.78 is 37.2. The Hall–Kier alpha value is -1.53. The van der Waals surface area contributed by atoms with Gasteiger partial charge in [0.1, 0.15) is 0 Å². The lowest BCUT2D eigenvalue weighted by Gasteiger charge is -2.16. The van der Waals surface area contributed by atoms with Crippen LogP contribution in [0.2, 0.25) is 0 Å². The lowest BCUT2D eigenvalue weighted by Crippen LogP contribution is -2.25. The maximum Gasteiger partial charge on any atom is 0.412 e. The van der Waals surface area contributed by atoms with Crippen molar-refractivity contribution in [3.8, 4) is 0 Å². The minimum atomic E-state index is -4.72. The van der Waals surface area contributed by atoms with Crippen molar-refractivity contribution in [2.24, 2.45) is 11.8 Å². The first kappa shape index (κ1) is 14.5. The van der Waals surface area contributed by atoms with Gasteiger partial charge in [0.15, 0.2) is 5.92 Å². The van der Waals surface area contributed by atoms with Gasteiger partial charge in [0.2, 0.25) is 0 Å². The molecule has 0 aliphatic heterocycles. The highest BCUT2D eigenvalue weighted by molar-refractivity contribution is 5.95. The highest BCUT2D eigenvalue weighted by Crippen LogP contribution is 2.32. The van der Waals surface area contributed by atoms with E-state index in [1.807, 2.05) is 0 Å². The molecule has 7 heteroatoms. The van der Waals surface area contributed by atoms with E-state index in [9.17, 15) is 22.8 Å². The summed E-state index contributed by atoms with van der Waals surface area (Å²) >= 11 is 0. The van der Waals surface area contributed by atoms with Gasteiger partial charge >= 0.3 is 18.1 Å². The summed E-state index contributed by atoms with van der Waals surface area (Å²) in [5.74, 6) is -6.83. The van der Waals surface area contributed by atoms with Gasteiger partial charge in [-0.1, -0.05) is 19.9 Å². The number of carboxylic acid groups (broad SMARTS) is 2. The molecule has 0 unspecified atom stereocenters. The molecule has 0 spiro atoms. The molecule has 0 aromatic heterocycles. The van der Waals surface area contributed by atoms with Gasteiger partial charge in [0, 0.05) is 5.57 Å². The fourth-order valence-corrected chi connectivity index (χ4v) is 1.04. The predicted octanol–water partition coefficient (Wildman–Crippen LogP) is 1.92. The molecule has 0 aliphatic carbocycles. The van der Waals surface area contributed by atoms with E-state index in [2.05, 4.69) is 0 Å². The Morgan fingerprint density at radius 1 is 1.12 bits per heavy atom. The lowest BCUT2D eigenvalue weighted by atomic mass is 9.97. The third-order valence-electron chi connectivity index (χ3n) is 1.83. The van der Waals surface area contributed by atoms with E-state index in [1.165, 1.54) is 13.8 Å². The summed E-state index contributed by atoms with van der Waals surface area (Å²) in [6.07, 6.45) is -4.49. The molecule has 4 nitrogen and oxygen atoms in total. The molecule has 0 aromatic rings. The van der Waals surface area contributed by atoms with Crippen LogP contribution in [0.5, 0.6) is 0 Å². The van der Waals surface area contributed by atoms with Crippen molar-refractivity contribution in [3.05, 3.63) is 11.6 Å². The zero-order valence-corrected chi connectivity index (χ0v) is 8.58. The van der Waals surface area contributed by atoms with Crippen molar-refractivity contribution >= 4 is 11.9 Å². The second kappa shape index (κ2) is 5.00. The number of carbonyl (C=O) groups is 2. The fraction of sp³-hybridized carbons (Fsp3) is 0.556. The lowest BCUT2D eigenvalue weighted by molar-refractivity contribution is -0.152. The Kier molecular flexibility index (Phi) is 4.52. The Bertz CT molecular complexity index is 303. The first-order chi connectivity index (χ1) is 7.07. The van der Waals surface area contributed by atoms with E-state index in [4.69, 9.17) is 10.2 Å². The number of carboxylic acids is 2. The minimum absolute atomic E-state index is 0.231. The second-order valence-electron chi connectivity index (χ2n) is 3.43. The maximum absolute atomic E-state index is 12.4. The summed E-state index contributed by atoms with van der Waals surface area (Å²) in [6.45, 7) is 2.42. The number of hydrogen-bond acceptors (Lipinski definition) is 2. The summed E-state index contributed by atoms with van der Waals surface area (Å²) in [7, 11) is 0. The largest absolute Gasteiger partial charge is 0.480 e. The first-order valence-electron chi connectivity index (χ1n) is 4.32. The van der Waals surface area contributed by atoms with E-state index in [0.717, 1.165) is 0 Å². The molecular weight excluding hydrogens is 229 g/mol. The monoisotopic (exact) mass is 240 g/mol. The summed E-state index contributed by atoms with van der Waals surface area (Å²) in [4.78, 5) is 20.9. The zero-order chi connectivity index (χ0) is 13.1. The first-order valence-corrected chi connectivity index (χ1v) is 4.32. The molecule has 0 saturated heterocycles. The van der Waals surface area contributed by atoms with Crippen LogP contribution >= 0.6 is 0 Å². The van der Waals surface area contributed by atoms with Crippen LogP contribution in [0.3, 0.4) is 0 Å². The summed E-state index contributed by atoms with van der Waals surface area (Å²) in [6, 6.07) is 0. The van der Waals surface area contributed by atoms with Crippen LogP contribution in [0, 0.1) is 11.8 Å². The number of allylic oxidation sites excluding steroid dienone is 1. The molecule has 0 heterocycles. The SMILES string of the molecule is CC(C)/C(=C\C(C(=O)O)C(=O)O)C(F)(F)F. The number of aliphatic carboxylic acids is 2. The highest BCUT2D eigenvalue weighted by atomic mass is 19.4. The van der Waals surface area contributed by atoms with Gasteiger partial charge in [-0.15, -0.1) is 0 Å². The third kappa shape index (κ3) is 3.92. The zero-order valence-electron chi connectivity index (χ0n) is 8.58. The van der Waals surface area contributed by atoms with Crippen molar-refractivity contribution in [3.63, 3.8) is 0 Å². The van der Waals surface area contributed by atoms with E-state index in [0.29, 0.717) is 0 Å². The molecule has 0 aliphatic rings. The Morgan fingerprint density at radius 3 is 1.69 bits per heavy atom. The van der Waals surface area contributed by atoms with Crippen molar-refractivity contribution in [1.29, 1.82) is 0 Å².